The Morgan fingerprint density at radius 2 is 1.71 bits per heavy atom. The summed E-state index contributed by atoms with van der Waals surface area (Å²) < 4.78 is 28.2. The molecule has 0 spiro atoms. The summed E-state index contributed by atoms with van der Waals surface area (Å²) in [5.41, 5.74) is 1.49. The fourth-order valence-corrected chi connectivity index (χ4v) is 5.72. The second-order valence-corrected chi connectivity index (χ2v) is 10.1. The fraction of sp³-hybridized carbons (Fsp3) is 0.160. The number of nitrogens with zero attached hydrogens (tertiary/aromatic N) is 3. The smallest absolute Gasteiger partial charge is 0.252 e. The van der Waals surface area contributed by atoms with E-state index in [0.29, 0.717) is 22.7 Å². The summed E-state index contributed by atoms with van der Waals surface area (Å²) in [6.45, 7) is -0.0114. The minimum absolute atomic E-state index is 0.0114. The summed E-state index contributed by atoms with van der Waals surface area (Å²) in [6, 6.07) is 21.7. The Bertz CT molecular complexity index is 1370. The summed E-state index contributed by atoms with van der Waals surface area (Å²) in [6.07, 6.45) is 0.0297. The molecule has 0 saturated carbocycles. The van der Waals surface area contributed by atoms with Crippen LogP contribution in [0.3, 0.4) is 0 Å². The van der Waals surface area contributed by atoms with Crippen molar-refractivity contribution in [3.8, 4) is 6.07 Å². The number of anilines is 1. The van der Waals surface area contributed by atoms with Gasteiger partial charge >= 0.3 is 0 Å². The number of benzene rings is 3. The average Bonchev–Trinajstić information content (AvgIpc) is 3.13. The zero-order chi connectivity index (χ0) is 24.3. The summed E-state index contributed by atoms with van der Waals surface area (Å²) in [7, 11) is -4.08. The Morgan fingerprint density at radius 3 is 2.35 bits per heavy atom. The van der Waals surface area contributed by atoms with Crippen molar-refractivity contribution in [3.05, 3.63) is 95.0 Å². The third-order valence-corrected chi connectivity index (χ3v) is 7.74. The summed E-state index contributed by atoms with van der Waals surface area (Å²) in [4.78, 5) is 27.2. The van der Waals surface area contributed by atoms with Crippen LogP contribution < -0.4 is 4.90 Å². The van der Waals surface area contributed by atoms with Crippen molar-refractivity contribution >= 4 is 39.1 Å². The maximum Gasteiger partial charge on any atom is 0.252 e. The van der Waals surface area contributed by atoms with E-state index in [-0.39, 0.29) is 17.9 Å². The number of imide groups is 1. The highest BCUT2D eigenvalue weighted by Crippen LogP contribution is 2.30. The van der Waals surface area contributed by atoms with Gasteiger partial charge in [0.15, 0.2) is 0 Å². The van der Waals surface area contributed by atoms with E-state index in [1.54, 1.807) is 36.4 Å². The van der Waals surface area contributed by atoms with Gasteiger partial charge < -0.3 is 0 Å². The number of halogens is 1. The van der Waals surface area contributed by atoms with Crippen molar-refractivity contribution in [1.29, 1.82) is 5.26 Å². The lowest BCUT2D eigenvalue weighted by Crippen LogP contribution is -2.46. The quantitative estimate of drug-likeness (QED) is 0.466. The molecule has 3 aromatic rings. The van der Waals surface area contributed by atoms with Crippen LogP contribution in [0.2, 0.25) is 5.02 Å². The molecule has 1 saturated heterocycles. The molecule has 4 rings (SSSR count). The molecule has 1 aliphatic rings. The van der Waals surface area contributed by atoms with E-state index >= 15 is 0 Å². The van der Waals surface area contributed by atoms with Crippen LogP contribution in [0, 0.1) is 11.3 Å². The lowest BCUT2D eigenvalue weighted by molar-refractivity contribution is -0.122. The van der Waals surface area contributed by atoms with E-state index in [4.69, 9.17) is 16.9 Å². The van der Waals surface area contributed by atoms with Crippen LogP contribution in [0.5, 0.6) is 0 Å². The van der Waals surface area contributed by atoms with Gasteiger partial charge in [0.05, 0.1) is 28.6 Å². The molecule has 0 N–H and O–H groups in total. The van der Waals surface area contributed by atoms with Gasteiger partial charge in [-0.1, -0.05) is 41.9 Å². The van der Waals surface area contributed by atoms with Crippen LogP contribution in [0.25, 0.3) is 0 Å². The lowest BCUT2D eigenvalue weighted by Gasteiger charge is -2.27. The van der Waals surface area contributed by atoms with Crippen LogP contribution >= 0.6 is 11.6 Å². The van der Waals surface area contributed by atoms with Crippen LogP contribution in [-0.2, 0) is 26.0 Å². The van der Waals surface area contributed by atoms with Crippen molar-refractivity contribution in [2.24, 2.45) is 0 Å². The number of carbonyl (C=O) groups is 2. The zero-order valence-corrected chi connectivity index (χ0v) is 19.5. The Balaban J connectivity index is 1.68. The lowest BCUT2D eigenvalue weighted by atomic mass is 10.1. The van der Waals surface area contributed by atoms with Crippen molar-refractivity contribution in [1.82, 2.24) is 4.31 Å². The molecule has 0 bridgehead atoms. The molecular weight excluding hydrogens is 474 g/mol. The zero-order valence-electron chi connectivity index (χ0n) is 18.0. The standard InChI is InChI=1S/C25H20ClN3O4S/c26-20-6-4-5-18(15-20)13-14-28(34(32,33)22-7-2-1-3-8-22)23-16-24(30)29(25(23)31)21-11-9-19(17-27)10-12-21/h1-12,15,23H,13-14,16H2. The molecule has 34 heavy (non-hydrogen) atoms. The van der Waals surface area contributed by atoms with Crippen molar-refractivity contribution < 1.29 is 18.0 Å². The number of amides is 2. The molecule has 9 heteroatoms. The second kappa shape index (κ2) is 9.77. The first-order valence-corrected chi connectivity index (χ1v) is 12.3. The maximum absolute atomic E-state index is 13.6. The first-order chi connectivity index (χ1) is 16.3. The third kappa shape index (κ3) is 4.73. The van der Waals surface area contributed by atoms with E-state index in [9.17, 15) is 18.0 Å². The molecule has 172 valence electrons. The Morgan fingerprint density at radius 1 is 1.00 bits per heavy atom. The van der Waals surface area contributed by atoms with Gasteiger partial charge in [-0.25, -0.2) is 13.3 Å². The van der Waals surface area contributed by atoms with Gasteiger partial charge in [0.2, 0.25) is 15.9 Å². The predicted octanol–water partition coefficient (Wildman–Crippen LogP) is 3.78. The summed E-state index contributed by atoms with van der Waals surface area (Å²) in [5.74, 6) is -1.13. The maximum atomic E-state index is 13.6. The number of hydrogen-bond donors (Lipinski definition) is 0. The van der Waals surface area contributed by atoms with Gasteiger partial charge in [0, 0.05) is 11.6 Å². The predicted molar refractivity (Wildman–Crippen MR) is 128 cm³/mol. The number of rotatable bonds is 7. The van der Waals surface area contributed by atoms with Gasteiger partial charge in [-0.2, -0.15) is 9.57 Å². The molecule has 1 unspecified atom stereocenters. The highest BCUT2D eigenvalue weighted by molar-refractivity contribution is 7.89. The topological polar surface area (TPSA) is 98.5 Å². The fourth-order valence-electron chi connectivity index (χ4n) is 3.90. The monoisotopic (exact) mass is 493 g/mol. The molecular formula is C25H20ClN3O4S. The molecule has 2 amide bonds. The first kappa shape index (κ1) is 23.6. The molecule has 0 radical (unpaired) electrons. The van der Waals surface area contributed by atoms with Gasteiger partial charge in [-0.15, -0.1) is 0 Å². The van der Waals surface area contributed by atoms with Gasteiger partial charge in [0.1, 0.15) is 6.04 Å². The highest BCUT2D eigenvalue weighted by Gasteiger charge is 2.46. The number of hydrogen-bond acceptors (Lipinski definition) is 5. The second-order valence-electron chi connectivity index (χ2n) is 7.75. The van der Waals surface area contributed by atoms with Gasteiger partial charge in [-0.05, 0) is 60.5 Å². The van der Waals surface area contributed by atoms with Crippen LogP contribution in [-0.4, -0.2) is 37.1 Å². The number of nitriles is 1. The van der Waals surface area contributed by atoms with E-state index in [2.05, 4.69) is 0 Å². The Hall–Kier alpha value is -3.51. The van der Waals surface area contributed by atoms with Gasteiger partial charge in [-0.3, -0.25) is 9.59 Å². The third-order valence-electron chi connectivity index (χ3n) is 5.58. The van der Waals surface area contributed by atoms with Crippen molar-refractivity contribution in [2.75, 3.05) is 11.4 Å². The Labute approximate surface area is 202 Å². The van der Waals surface area contributed by atoms with Crippen LogP contribution in [0.4, 0.5) is 5.69 Å². The SMILES string of the molecule is N#Cc1ccc(N2C(=O)CC(N(CCc3cccc(Cl)c3)S(=O)(=O)c3ccccc3)C2=O)cc1. The molecule has 0 aromatic heterocycles. The molecule has 1 fully saturated rings. The molecule has 1 aliphatic heterocycles. The normalized spacial score (nSPS) is 16.1. The minimum Gasteiger partial charge on any atom is -0.274 e. The van der Waals surface area contributed by atoms with E-state index in [1.807, 2.05) is 12.1 Å². The molecule has 1 heterocycles. The molecule has 3 aromatic carbocycles. The van der Waals surface area contributed by atoms with E-state index < -0.39 is 27.9 Å². The van der Waals surface area contributed by atoms with Crippen molar-refractivity contribution in [3.63, 3.8) is 0 Å². The summed E-state index contributed by atoms with van der Waals surface area (Å²) in [5, 5.41) is 9.52. The van der Waals surface area contributed by atoms with Gasteiger partial charge in [0.25, 0.3) is 5.91 Å². The number of sulfonamides is 1. The van der Waals surface area contributed by atoms with Crippen LogP contribution in [0.15, 0.2) is 83.8 Å². The molecule has 7 nitrogen and oxygen atoms in total. The highest BCUT2D eigenvalue weighted by atomic mass is 35.5. The van der Waals surface area contributed by atoms with E-state index in [1.165, 1.54) is 36.4 Å². The minimum atomic E-state index is -4.08. The Kier molecular flexibility index (Phi) is 6.80. The van der Waals surface area contributed by atoms with E-state index in [0.717, 1.165) is 14.8 Å². The molecule has 0 aliphatic carbocycles. The van der Waals surface area contributed by atoms with Crippen molar-refractivity contribution in [2.45, 2.75) is 23.8 Å². The number of carbonyl (C=O) groups excluding carboxylic acids is 2. The summed E-state index contributed by atoms with van der Waals surface area (Å²) >= 11 is 6.07. The van der Waals surface area contributed by atoms with Crippen LogP contribution in [0.1, 0.15) is 17.5 Å². The molecule has 1 atom stereocenters. The largest absolute Gasteiger partial charge is 0.274 e. The average molecular weight is 494 g/mol. The first-order valence-electron chi connectivity index (χ1n) is 10.5.